The summed E-state index contributed by atoms with van der Waals surface area (Å²) in [6.45, 7) is 7.89. The van der Waals surface area contributed by atoms with Crippen LogP contribution in [-0.2, 0) is 11.2 Å². The molecule has 0 saturated carbocycles. The maximum atomic E-state index is 12.4. The van der Waals surface area contributed by atoms with E-state index in [4.69, 9.17) is 10.8 Å². The van der Waals surface area contributed by atoms with Crippen molar-refractivity contribution in [2.75, 3.05) is 11.4 Å². The summed E-state index contributed by atoms with van der Waals surface area (Å²) in [5.41, 5.74) is 2.23. The Hall–Kier alpha value is -3.35. The lowest BCUT2D eigenvalue weighted by Crippen LogP contribution is -2.46. The summed E-state index contributed by atoms with van der Waals surface area (Å²) < 4.78 is 0. The number of carbonyl (C=O) groups is 1. The summed E-state index contributed by atoms with van der Waals surface area (Å²) in [4.78, 5) is 13.5. The molecule has 2 aromatic rings. The van der Waals surface area contributed by atoms with Gasteiger partial charge in [-0.1, -0.05) is 32.9 Å². The van der Waals surface area contributed by atoms with E-state index < -0.39 is 11.7 Å². The monoisotopic (exact) mass is 396 g/mol. The number of amides is 1. The van der Waals surface area contributed by atoms with E-state index in [0.29, 0.717) is 17.8 Å². The number of amidine groups is 2. The molecule has 0 heterocycles. The third kappa shape index (κ3) is 4.74. The van der Waals surface area contributed by atoms with Gasteiger partial charge in [-0.3, -0.25) is 20.5 Å². The molecule has 0 aliphatic carbocycles. The predicted molar refractivity (Wildman–Crippen MR) is 115 cm³/mol. The Labute approximate surface area is 171 Å². The van der Waals surface area contributed by atoms with Gasteiger partial charge in [0.1, 0.15) is 17.3 Å². The maximum absolute atomic E-state index is 12.4. The highest BCUT2D eigenvalue weighted by atomic mass is 16.3. The summed E-state index contributed by atoms with van der Waals surface area (Å²) in [7, 11) is 0. The molecule has 2 aromatic carbocycles. The van der Waals surface area contributed by atoms with Gasteiger partial charge in [0, 0.05) is 18.3 Å². The number of nitrogens with one attached hydrogen (secondary N) is 3. The summed E-state index contributed by atoms with van der Waals surface area (Å²) in [5, 5.41) is 40.1. The summed E-state index contributed by atoms with van der Waals surface area (Å²) >= 11 is 0. The van der Waals surface area contributed by atoms with Crippen LogP contribution in [0.25, 0.3) is 0 Å². The maximum Gasteiger partial charge on any atom is 0.287 e. The second-order valence-electron chi connectivity index (χ2n) is 6.99. The Bertz CT molecular complexity index is 920. The zero-order chi connectivity index (χ0) is 21.7. The van der Waals surface area contributed by atoms with Crippen molar-refractivity contribution in [2.24, 2.45) is 0 Å². The molecule has 0 saturated heterocycles. The molecule has 0 aliphatic heterocycles. The normalized spacial score (nSPS) is 10.7. The van der Waals surface area contributed by atoms with E-state index in [0.717, 1.165) is 12.0 Å². The van der Waals surface area contributed by atoms with Gasteiger partial charge in [-0.2, -0.15) is 0 Å². The van der Waals surface area contributed by atoms with Gasteiger partial charge in [0.2, 0.25) is 0 Å². The number of aromatic hydroxyl groups is 2. The van der Waals surface area contributed by atoms with Gasteiger partial charge >= 0.3 is 0 Å². The van der Waals surface area contributed by atoms with E-state index >= 15 is 0 Å². The van der Waals surface area contributed by atoms with Crippen molar-refractivity contribution in [1.82, 2.24) is 5.32 Å². The lowest BCUT2D eigenvalue weighted by molar-refractivity contribution is -0.114. The highest BCUT2D eigenvalue weighted by molar-refractivity contribution is 6.48. The Balaban J connectivity index is 2.58. The molecule has 7 nitrogen and oxygen atoms in total. The summed E-state index contributed by atoms with van der Waals surface area (Å²) in [6, 6.07) is 9.93. The predicted octanol–water partition coefficient (Wildman–Crippen LogP) is 3.73. The van der Waals surface area contributed by atoms with Crippen LogP contribution >= 0.6 is 0 Å². The molecule has 29 heavy (non-hydrogen) atoms. The number of anilines is 1. The number of phenolic OH excluding ortho intramolecular Hbond substituents is 2. The molecule has 7 heteroatoms. The molecule has 5 N–H and O–H groups in total. The number of rotatable bonds is 5. The van der Waals surface area contributed by atoms with E-state index in [1.807, 2.05) is 32.9 Å². The fraction of sp³-hybridized carbons (Fsp3) is 0.318. The average Bonchev–Trinajstić information content (AvgIpc) is 2.68. The number of carbonyl (C=O) groups excluding carboxylic acids is 1. The average molecular weight is 396 g/mol. The standard InChI is InChI=1S/C22H28N4O3/c1-5-14-7-9-15(10-8-14)26(21(24)22(29)25-6-2)20(23)17-11-16(13(3)4)18(27)12-19(17)28/h7-13,23-24,27-28H,5-6H2,1-4H3,(H,25,29). The molecule has 0 spiro atoms. The molecular weight excluding hydrogens is 368 g/mol. The van der Waals surface area contributed by atoms with Gasteiger partial charge in [0.15, 0.2) is 5.84 Å². The number of hydrogen-bond acceptors (Lipinski definition) is 5. The molecule has 0 unspecified atom stereocenters. The minimum absolute atomic E-state index is 0.0396. The molecule has 0 aromatic heterocycles. The van der Waals surface area contributed by atoms with Gasteiger partial charge in [-0.25, -0.2) is 0 Å². The second-order valence-corrected chi connectivity index (χ2v) is 6.99. The van der Waals surface area contributed by atoms with Crippen LogP contribution in [0.1, 0.15) is 50.3 Å². The Kier molecular flexibility index (Phi) is 6.98. The number of phenols is 2. The van der Waals surface area contributed by atoms with Crippen LogP contribution < -0.4 is 10.2 Å². The highest BCUT2D eigenvalue weighted by Gasteiger charge is 2.26. The molecule has 0 bridgehead atoms. The molecule has 0 radical (unpaired) electrons. The van der Waals surface area contributed by atoms with Crippen LogP contribution in [0.3, 0.4) is 0 Å². The largest absolute Gasteiger partial charge is 0.508 e. The van der Waals surface area contributed by atoms with Gasteiger partial charge in [0.05, 0.1) is 5.56 Å². The number of hydrogen-bond donors (Lipinski definition) is 5. The van der Waals surface area contributed by atoms with Gasteiger partial charge < -0.3 is 15.5 Å². The molecule has 2 rings (SSSR count). The third-order valence-electron chi connectivity index (χ3n) is 4.62. The van der Waals surface area contributed by atoms with E-state index in [1.54, 1.807) is 19.1 Å². The summed E-state index contributed by atoms with van der Waals surface area (Å²) in [6.07, 6.45) is 0.835. The Morgan fingerprint density at radius 1 is 1.07 bits per heavy atom. The Morgan fingerprint density at radius 2 is 1.69 bits per heavy atom. The van der Waals surface area contributed by atoms with Gasteiger partial charge in [0.25, 0.3) is 5.91 Å². The third-order valence-corrected chi connectivity index (χ3v) is 4.62. The molecular formula is C22H28N4O3. The van der Waals surface area contributed by atoms with Crippen molar-refractivity contribution < 1.29 is 15.0 Å². The van der Waals surface area contributed by atoms with Gasteiger partial charge in [-0.05, 0) is 48.6 Å². The zero-order valence-corrected chi connectivity index (χ0v) is 17.2. The molecule has 0 fully saturated rings. The first kappa shape index (κ1) is 21.9. The summed E-state index contributed by atoms with van der Waals surface area (Å²) in [5.74, 6) is -1.69. The van der Waals surface area contributed by atoms with Crippen molar-refractivity contribution >= 4 is 23.3 Å². The fourth-order valence-corrected chi connectivity index (χ4v) is 2.96. The van der Waals surface area contributed by atoms with Crippen molar-refractivity contribution in [1.29, 1.82) is 10.8 Å². The van der Waals surface area contributed by atoms with Gasteiger partial charge in [-0.15, -0.1) is 0 Å². The van der Waals surface area contributed by atoms with Crippen LogP contribution in [0, 0.1) is 10.8 Å². The lowest BCUT2D eigenvalue weighted by atomic mass is 9.98. The molecule has 0 aliphatic rings. The van der Waals surface area contributed by atoms with Crippen LogP contribution in [-0.4, -0.2) is 34.3 Å². The van der Waals surface area contributed by atoms with Crippen molar-refractivity contribution in [3.8, 4) is 11.5 Å². The first-order valence-corrected chi connectivity index (χ1v) is 9.61. The second kappa shape index (κ2) is 9.23. The first-order valence-electron chi connectivity index (χ1n) is 9.61. The molecule has 0 atom stereocenters. The Morgan fingerprint density at radius 3 is 2.21 bits per heavy atom. The quantitative estimate of drug-likeness (QED) is 0.390. The minimum atomic E-state index is -0.626. The van der Waals surface area contributed by atoms with Crippen molar-refractivity contribution in [2.45, 2.75) is 40.0 Å². The minimum Gasteiger partial charge on any atom is -0.508 e. The number of benzene rings is 2. The van der Waals surface area contributed by atoms with E-state index in [-0.39, 0.29) is 28.8 Å². The topological polar surface area (TPSA) is 121 Å². The van der Waals surface area contributed by atoms with E-state index in [9.17, 15) is 15.0 Å². The zero-order valence-electron chi connectivity index (χ0n) is 17.2. The first-order chi connectivity index (χ1) is 13.7. The van der Waals surface area contributed by atoms with Crippen LogP contribution in [0.15, 0.2) is 36.4 Å². The van der Waals surface area contributed by atoms with Crippen LogP contribution in [0.5, 0.6) is 11.5 Å². The SMILES string of the molecule is CCNC(=O)C(=N)N(C(=N)c1cc(C(C)C)c(O)cc1O)c1ccc(CC)cc1. The van der Waals surface area contributed by atoms with Crippen molar-refractivity contribution in [3.05, 3.63) is 53.1 Å². The molecule has 154 valence electrons. The number of nitrogens with zero attached hydrogens (tertiary/aromatic N) is 1. The smallest absolute Gasteiger partial charge is 0.287 e. The fourth-order valence-electron chi connectivity index (χ4n) is 2.96. The number of aryl methyl sites for hydroxylation is 1. The lowest BCUT2D eigenvalue weighted by Gasteiger charge is -2.26. The highest BCUT2D eigenvalue weighted by Crippen LogP contribution is 2.33. The molecule has 1 amide bonds. The van der Waals surface area contributed by atoms with Crippen molar-refractivity contribution in [3.63, 3.8) is 0 Å². The van der Waals surface area contributed by atoms with E-state index in [1.165, 1.54) is 17.0 Å². The van der Waals surface area contributed by atoms with Crippen LogP contribution in [0.4, 0.5) is 5.69 Å². The van der Waals surface area contributed by atoms with E-state index in [2.05, 4.69) is 5.32 Å². The van der Waals surface area contributed by atoms with Crippen LogP contribution in [0.2, 0.25) is 0 Å². The number of likely N-dealkylation sites (N-methyl/N-ethyl adjacent to an activating group) is 1.